The topological polar surface area (TPSA) is 38.3 Å². The predicted octanol–water partition coefficient (Wildman–Crippen LogP) is 2.80. The lowest BCUT2D eigenvalue weighted by atomic mass is 10.1. The summed E-state index contributed by atoms with van der Waals surface area (Å²) in [6, 6.07) is 10.0. The Morgan fingerprint density at radius 1 is 1.21 bits per heavy atom. The van der Waals surface area contributed by atoms with E-state index in [4.69, 9.17) is 4.74 Å². The number of carbonyl (C=O) groups excluding carboxylic acids is 1. The number of ether oxygens (including phenoxy) is 1. The quantitative estimate of drug-likeness (QED) is 0.550. The standard InChI is InChI=1S/C16H25NO2/c1-14(2)10-11-17-12-13-19-16(18)9-8-15-6-4-3-5-7-15/h3-7,14,17H,8-13H2,1-2H3. The maximum absolute atomic E-state index is 11.5. The van der Waals surface area contributed by atoms with Crippen LogP contribution in [0.5, 0.6) is 0 Å². The summed E-state index contributed by atoms with van der Waals surface area (Å²) in [5, 5.41) is 3.27. The van der Waals surface area contributed by atoms with E-state index in [0.29, 0.717) is 18.9 Å². The van der Waals surface area contributed by atoms with Crippen molar-refractivity contribution in [2.45, 2.75) is 33.1 Å². The van der Waals surface area contributed by atoms with E-state index in [1.54, 1.807) is 0 Å². The third-order valence-electron chi connectivity index (χ3n) is 2.90. The molecule has 0 aliphatic heterocycles. The van der Waals surface area contributed by atoms with Gasteiger partial charge in [0.15, 0.2) is 0 Å². The molecule has 0 bridgehead atoms. The van der Waals surface area contributed by atoms with Gasteiger partial charge in [0.2, 0.25) is 0 Å². The summed E-state index contributed by atoms with van der Waals surface area (Å²) < 4.78 is 5.17. The van der Waals surface area contributed by atoms with Crippen LogP contribution in [0.1, 0.15) is 32.3 Å². The van der Waals surface area contributed by atoms with Crippen molar-refractivity contribution < 1.29 is 9.53 Å². The first kappa shape index (κ1) is 15.7. The molecule has 106 valence electrons. The monoisotopic (exact) mass is 263 g/mol. The summed E-state index contributed by atoms with van der Waals surface area (Å²) in [6.07, 6.45) is 2.36. The zero-order valence-corrected chi connectivity index (χ0v) is 12.0. The van der Waals surface area contributed by atoms with E-state index in [-0.39, 0.29) is 5.97 Å². The zero-order chi connectivity index (χ0) is 13.9. The Hall–Kier alpha value is -1.35. The number of carbonyl (C=O) groups is 1. The van der Waals surface area contributed by atoms with Gasteiger partial charge in [-0.3, -0.25) is 4.79 Å². The van der Waals surface area contributed by atoms with E-state index < -0.39 is 0 Å². The van der Waals surface area contributed by atoms with Gasteiger partial charge in [-0.1, -0.05) is 44.2 Å². The fraction of sp³-hybridized carbons (Fsp3) is 0.562. The maximum Gasteiger partial charge on any atom is 0.306 e. The summed E-state index contributed by atoms with van der Waals surface area (Å²) in [5.41, 5.74) is 1.18. The van der Waals surface area contributed by atoms with E-state index in [1.165, 1.54) is 5.56 Å². The van der Waals surface area contributed by atoms with Crippen molar-refractivity contribution >= 4 is 5.97 Å². The fourth-order valence-electron chi connectivity index (χ4n) is 1.72. The number of hydrogen-bond donors (Lipinski definition) is 1. The molecule has 1 aromatic rings. The van der Waals surface area contributed by atoms with Gasteiger partial charge in [0.1, 0.15) is 6.61 Å². The van der Waals surface area contributed by atoms with Crippen molar-refractivity contribution in [3.63, 3.8) is 0 Å². The van der Waals surface area contributed by atoms with Gasteiger partial charge in [0.25, 0.3) is 0 Å². The second-order valence-corrected chi connectivity index (χ2v) is 5.14. The second-order valence-electron chi connectivity index (χ2n) is 5.14. The minimum absolute atomic E-state index is 0.116. The van der Waals surface area contributed by atoms with Crippen LogP contribution in [0.3, 0.4) is 0 Å². The predicted molar refractivity (Wildman–Crippen MR) is 78.0 cm³/mol. The highest BCUT2D eigenvalue weighted by molar-refractivity contribution is 5.69. The number of rotatable bonds is 9. The lowest BCUT2D eigenvalue weighted by Gasteiger charge is -2.08. The third kappa shape index (κ3) is 8.38. The van der Waals surface area contributed by atoms with Gasteiger partial charge in [-0.05, 0) is 30.9 Å². The van der Waals surface area contributed by atoms with Gasteiger partial charge in [-0.25, -0.2) is 0 Å². The molecule has 19 heavy (non-hydrogen) atoms. The van der Waals surface area contributed by atoms with Crippen LogP contribution in [-0.4, -0.2) is 25.7 Å². The van der Waals surface area contributed by atoms with Crippen LogP contribution in [0.4, 0.5) is 0 Å². The van der Waals surface area contributed by atoms with E-state index in [2.05, 4.69) is 19.2 Å². The summed E-state index contributed by atoms with van der Waals surface area (Å²) >= 11 is 0. The van der Waals surface area contributed by atoms with Crippen molar-refractivity contribution in [1.82, 2.24) is 5.32 Å². The molecule has 1 rings (SSSR count). The van der Waals surface area contributed by atoms with Gasteiger partial charge in [0.05, 0.1) is 0 Å². The van der Waals surface area contributed by atoms with Crippen molar-refractivity contribution in [2.75, 3.05) is 19.7 Å². The Kier molecular flexibility index (Phi) is 7.91. The van der Waals surface area contributed by atoms with Gasteiger partial charge >= 0.3 is 5.97 Å². The van der Waals surface area contributed by atoms with E-state index in [9.17, 15) is 4.79 Å². The smallest absolute Gasteiger partial charge is 0.306 e. The summed E-state index contributed by atoms with van der Waals surface area (Å²) in [6.45, 7) is 6.59. The molecule has 0 aliphatic carbocycles. The van der Waals surface area contributed by atoms with Crippen LogP contribution in [0.25, 0.3) is 0 Å². The van der Waals surface area contributed by atoms with Gasteiger partial charge < -0.3 is 10.1 Å². The summed E-state index contributed by atoms with van der Waals surface area (Å²) in [7, 11) is 0. The Bertz CT molecular complexity index is 349. The molecule has 3 nitrogen and oxygen atoms in total. The fourth-order valence-corrected chi connectivity index (χ4v) is 1.72. The lowest BCUT2D eigenvalue weighted by molar-refractivity contribution is -0.143. The minimum Gasteiger partial charge on any atom is -0.464 e. The molecule has 0 saturated carbocycles. The Morgan fingerprint density at radius 2 is 1.95 bits per heavy atom. The van der Waals surface area contributed by atoms with Crippen molar-refractivity contribution in [2.24, 2.45) is 5.92 Å². The van der Waals surface area contributed by atoms with Crippen LogP contribution in [-0.2, 0) is 16.0 Å². The SMILES string of the molecule is CC(C)CCNCCOC(=O)CCc1ccccc1. The number of nitrogens with one attached hydrogen (secondary N) is 1. The molecule has 0 spiro atoms. The Balaban J connectivity index is 1.99. The largest absolute Gasteiger partial charge is 0.464 e. The molecule has 3 heteroatoms. The van der Waals surface area contributed by atoms with Crippen LogP contribution in [0, 0.1) is 5.92 Å². The van der Waals surface area contributed by atoms with E-state index >= 15 is 0 Å². The van der Waals surface area contributed by atoms with Gasteiger partial charge in [-0.15, -0.1) is 0 Å². The summed E-state index contributed by atoms with van der Waals surface area (Å²) in [4.78, 5) is 11.5. The molecule has 0 fully saturated rings. The van der Waals surface area contributed by atoms with Crippen molar-refractivity contribution in [3.8, 4) is 0 Å². The van der Waals surface area contributed by atoms with Gasteiger partial charge in [0, 0.05) is 13.0 Å². The molecular weight excluding hydrogens is 238 g/mol. The van der Waals surface area contributed by atoms with Gasteiger partial charge in [-0.2, -0.15) is 0 Å². The first-order valence-electron chi connectivity index (χ1n) is 7.08. The van der Waals surface area contributed by atoms with Crippen LogP contribution in [0.15, 0.2) is 30.3 Å². The minimum atomic E-state index is -0.116. The third-order valence-corrected chi connectivity index (χ3v) is 2.90. The second kappa shape index (κ2) is 9.56. The normalized spacial score (nSPS) is 10.7. The Morgan fingerprint density at radius 3 is 2.63 bits per heavy atom. The number of aryl methyl sites for hydroxylation is 1. The lowest BCUT2D eigenvalue weighted by Crippen LogP contribution is -2.23. The molecule has 0 heterocycles. The number of hydrogen-bond acceptors (Lipinski definition) is 3. The molecular formula is C16H25NO2. The van der Waals surface area contributed by atoms with Crippen molar-refractivity contribution in [3.05, 3.63) is 35.9 Å². The van der Waals surface area contributed by atoms with Crippen LogP contribution < -0.4 is 5.32 Å². The highest BCUT2D eigenvalue weighted by Crippen LogP contribution is 2.03. The Labute approximate surface area is 116 Å². The molecule has 0 aliphatic rings. The first-order chi connectivity index (χ1) is 9.18. The molecule has 0 unspecified atom stereocenters. The average Bonchev–Trinajstić information content (AvgIpc) is 2.41. The van der Waals surface area contributed by atoms with E-state index in [0.717, 1.165) is 25.9 Å². The van der Waals surface area contributed by atoms with Crippen molar-refractivity contribution in [1.29, 1.82) is 0 Å². The molecule has 0 atom stereocenters. The number of benzene rings is 1. The summed E-state index contributed by atoms with van der Waals surface area (Å²) in [5.74, 6) is 0.593. The highest BCUT2D eigenvalue weighted by atomic mass is 16.5. The van der Waals surface area contributed by atoms with E-state index in [1.807, 2.05) is 30.3 Å². The molecule has 0 aromatic heterocycles. The number of esters is 1. The maximum atomic E-state index is 11.5. The molecule has 0 radical (unpaired) electrons. The van der Waals surface area contributed by atoms with Crippen LogP contribution in [0.2, 0.25) is 0 Å². The average molecular weight is 263 g/mol. The molecule has 0 amide bonds. The molecule has 1 N–H and O–H groups in total. The zero-order valence-electron chi connectivity index (χ0n) is 12.0. The first-order valence-corrected chi connectivity index (χ1v) is 7.08. The highest BCUT2D eigenvalue weighted by Gasteiger charge is 2.03. The molecule has 0 saturated heterocycles. The molecule has 1 aromatic carbocycles. The van der Waals surface area contributed by atoms with Crippen LogP contribution >= 0.6 is 0 Å².